The van der Waals surface area contributed by atoms with E-state index in [9.17, 15) is 17.8 Å². The van der Waals surface area contributed by atoms with Crippen molar-refractivity contribution in [3.63, 3.8) is 0 Å². The van der Waals surface area contributed by atoms with Crippen molar-refractivity contribution in [2.75, 3.05) is 5.75 Å². The highest BCUT2D eigenvalue weighted by molar-refractivity contribution is 7.86. The average molecular weight is 260 g/mol. The minimum atomic E-state index is -1.35. The van der Waals surface area contributed by atoms with Gasteiger partial charge in [0.15, 0.2) is 5.78 Å². The summed E-state index contributed by atoms with van der Waals surface area (Å²) in [6, 6.07) is 2.68. The van der Waals surface area contributed by atoms with Crippen LogP contribution in [0.5, 0.6) is 0 Å². The monoisotopic (exact) mass is 260 g/mol. The first-order valence-electron chi connectivity index (χ1n) is 5.31. The molecule has 5 heteroatoms. The second-order valence-electron chi connectivity index (χ2n) is 3.79. The van der Waals surface area contributed by atoms with Gasteiger partial charge in [-0.25, -0.2) is 8.78 Å². The van der Waals surface area contributed by atoms with E-state index in [0.29, 0.717) is 6.42 Å². The van der Waals surface area contributed by atoms with Crippen LogP contribution < -0.4 is 0 Å². The number of carbonyl (C=O) groups excluding carboxylic acids is 1. The van der Waals surface area contributed by atoms with E-state index in [1.807, 2.05) is 6.92 Å². The number of benzene rings is 1. The summed E-state index contributed by atoms with van der Waals surface area (Å²) in [5, 5.41) is -0.129. The first kappa shape index (κ1) is 14.0. The Kier molecular flexibility index (Phi) is 4.93. The Hall–Kier alpha value is -1.10. The lowest BCUT2D eigenvalue weighted by molar-refractivity contribution is 0.101. The number of Topliss-reactive ketones (excluding diaryl/α,β-unsaturated/α-hetero) is 1. The SMILES string of the molecule is CCC(C)S(=O)CC(=O)c1cc(F)ccc1F. The first-order valence-corrected chi connectivity index (χ1v) is 6.69. The quantitative estimate of drug-likeness (QED) is 0.763. The van der Waals surface area contributed by atoms with Crippen LogP contribution in [0.2, 0.25) is 0 Å². The van der Waals surface area contributed by atoms with E-state index >= 15 is 0 Å². The van der Waals surface area contributed by atoms with Gasteiger partial charge in [0.2, 0.25) is 0 Å². The molecule has 0 heterocycles. The van der Waals surface area contributed by atoms with Gasteiger partial charge in [-0.05, 0) is 24.6 Å². The van der Waals surface area contributed by atoms with E-state index in [0.717, 1.165) is 18.2 Å². The fourth-order valence-electron chi connectivity index (χ4n) is 1.25. The maximum Gasteiger partial charge on any atom is 0.178 e. The Balaban J connectivity index is 2.83. The molecule has 0 spiro atoms. The molecule has 0 saturated heterocycles. The molecule has 1 rings (SSSR count). The lowest BCUT2D eigenvalue weighted by Crippen LogP contribution is -2.20. The van der Waals surface area contributed by atoms with E-state index in [4.69, 9.17) is 0 Å². The number of hydrogen-bond acceptors (Lipinski definition) is 2. The summed E-state index contributed by atoms with van der Waals surface area (Å²) in [4.78, 5) is 11.6. The van der Waals surface area contributed by atoms with E-state index in [-0.39, 0.29) is 16.6 Å². The summed E-state index contributed by atoms with van der Waals surface area (Å²) >= 11 is 0. The molecule has 0 bridgehead atoms. The molecule has 17 heavy (non-hydrogen) atoms. The zero-order valence-corrected chi connectivity index (χ0v) is 10.5. The van der Waals surface area contributed by atoms with Crippen LogP contribution in [0.4, 0.5) is 8.78 Å². The zero-order valence-electron chi connectivity index (χ0n) is 9.70. The van der Waals surface area contributed by atoms with Crippen LogP contribution in [0.1, 0.15) is 30.6 Å². The summed E-state index contributed by atoms with van der Waals surface area (Å²) < 4.78 is 37.8. The summed E-state index contributed by atoms with van der Waals surface area (Å²) in [5.74, 6) is -2.35. The summed E-state index contributed by atoms with van der Waals surface area (Å²) in [6.07, 6.45) is 0.672. The Morgan fingerprint density at radius 2 is 2.06 bits per heavy atom. The molecule has 1 aromatic carbocycles. The summed E-state index contributed by atoms with van der Waals surface area (Å²) in [7, 11) is -1.35. The molecule has 1 aromatic rings. The van der Waals surface area contributed by atoms with E-state index in [1.54, 1.807) is 6.92 Å². The first-order chi connectivity index (χ1) is 7.95. The smallest absolute Gasteiger partial charge is 0.178 e. The van der Waals surface area contributed by atoms with Crippen LogP contribution in [0.25, 0.3) is 0 Å². The van der Waals surface area contributed by atoms with Crippen molar-refractivity contribution in [2.24, 2.45) is 0 Å². The molecule has 0 aliphatic heterocycles. The number of carbonyl (C=O) groups is 1. The van der Waals surface area contributed by atoms with Gasteiger partial charge in [0.05, 0.1) is 11.3 Å². The highest BCUT2D eigenvalue weighted by Crippen LogP contribution is 2.12. The highest BCUT2D eigenvalue weighted by atomic mass is 32.2. The van der Waals surface area contributed by atoms with Crippen molar-refractivity contribution in [2.45, 2.75) is 25.5 Å². The molecule has 94 valence electrons. The predicted octanol–water partition coefficient (Wildman–Crippen LogP) is 2.69. The third-order valence-corrected chi connectivity index (χ3v) is 4.30. The molecule has 0 fully saturated rings. The van der Waals surface area contributed by atoms with Crippen molar-refractivity contribution in [1.82, 2.24) is 0 Å². The lowest BCUT2D eigenvalue weighted by Gasteiger charge is -2.08. The zero-order chi connectivity index (χ0) is 13.0. The van der Waals surface area contributed by atoms with Crippen LogP contribution in [-0.4, -0.2) is 21.0 Å². The van der Waals surface area contributed by atoms with Gasteiger partial charge < -0.3 is 0 Å². The van der Waals surface area contributed by atoms with E-state index < -0.39 is 28.2 Å². The Morgan fingerprint density at radius 1 is 1.41 bits per heavy atom. The minimum Gasteiger partial charge on any atom is -0.293 e. The third-order valence-electron chi connectivity index (χ3n) is 2.53. The van der Waals surface area contributed by atoms with Gasteiger partial charge in [0, 0.05) is 16.0 Å². The topological polar surface area (TPSA) is 34.1 Å². The number of hydrogen-bond donors (Lipinski definition) is 0. The standard InChI is InChI=1S/C12H14F2O2S/c1-3-8(2)17(16)7-12(15)10-6-9(13)4-5-11(10)14/h4-6,8H,3,7H2,1-2H3. The molecule has 0 N–H and O–H groups in total. The number of rotatable bonds is 5. The molecule has 2 unspecified atom stereocenters. The van der Waals surface area contributed by atoms with Crippen LogP contribution in [-0.2, 0) is 10.8 Å². The van der Waals surface area contributed by atoms with E-state index in [2.05, 4.69) is 0 Å². The maximum atomic E-state index is 13.3. The fourth-order valence-corrected chi connectivity index (χ4v) is 2.32. The molecule has 2 nitrogen and oxygen atoms in total. The lowest BCUT2D eigenvalue weighted by atomic mass is 10.1. The van der Waals surface area contributed by atoms with Crippen LogP contribution >= 0.6 is 0 Å². The number of ketones is 1. The van der Waals surface area contributed by atoms with Crippen LogP contribution in [0, 0.1) is 11.6 Å². The molecule has 0 radical (unpaired) electrons. The molecular weight excluding hydrogens is 246 g/mol. The number of halogens is 2. The molecule has 0 saturated carbocycles. The van der Waals surface area contributed by atoms with Crippen molar-refractivity contribution >= 4 is 16.6 Å². The van der Waals surface area contributed by atoms with Gasteiger partial charge in [0.25, 0.3) is 0 Å². The molecule has 2 atom stereocenters. The van der Waals surface area contributed by atoms with Crippen LogP contribution in [0.15, 0.2) is 18.2 Å². The van der Waals surface area contributed by atoms with Gasteiger partial charge in [-0.3, -0.25) is 9.00 Å². The highest BCUT2D eigenvalue weighted by Gasteiger charge is 2.18. The predicted molar refractivity (Wildman–Crippen MR) is 63.5 cm³/mol. The molecule has 0 aliphatic carbocycles. The van der Waals surface area contributed by atoms with Gasteiger partial charge in [0.1, 0.15) is 11.6 Å². The van der Waals surface area contributed by atoms with Gasteiger partial charge in [-0.1, -0.05) is 13.8 Å². The van der Waals surface area contributed by atoms with Crippen molar-refractivity contribution in [3.8, 4) is 0 Å². The van der Waals surface area contributed by atoms with Crippen molar-refractivity contribution in [1.29, 1.82) is 0 Å². The molecule has 0 aromatic heterocycles. The second kappa shape index (κ2) is 6.00. The summed E-state index contributed by atoms with van der Waals surface area (Å²) in [5.41, 5.74) is -0.332. The molecule has 0 amide bonds. The second-order valence-corrected chi connectivity index (χ2v) is 5.65. The fraction of sp³-hybridized carbons (Fsp3) is 0.417. The molecular formula is C12H14F2O2S. The Bertz CT molecular complexity index is 446. The normalized spacial score (nSPS) is 14.4. The minimum absolute atomic E-state index is 0.129. The van der Waals surface area contributed by atoms with Crippen LogP contribution in [0.3, 0.4) is 0 Å². The van der Waals surface area contributed by atoms with Gasteiger partial charge in [-0.15, -0.1) is 0 Å². The Labute approximate surface area is 101 Å². The third kappa shape index (κ3) is 3.70. The van der Waals surface area contributed by atoms with E-state index in [1.165, 1.54) is 0 Å². The van der Waals surface area contributed by atoms with Gasteiger partial charge in [-0.2, -0.15) is 0 Å². The summed E-state index contributed by atoms with van der Waals surface area (Å²) in [6.45, 7) is 3.61. The Morgan fingerprint density at radius 3 is 2.65 bits per heavy atom. The average Bonchev–Trinajstić information content (AvgIpc) is 2.30. The largest absolute Gasteiger partial charge is 0.293 e. The molecule has 0 aliphatic rings. The maximum absolute atomic E-state index is 13.3. The van der Waals surface area contributed by atoms with Crippen molar-refractivity contribution < 1.29 is 17.8 Å². The van der Waals surface area contributed by atoms with Crippen molar-refractivity contribution in [3.05, 3.63) is 35.4 Å². The van der Waals surface area contributed by atoms with Gasteiger partial charge >= 0.3 is 0 Å².